The van der Waals surface area contributed by atoms with E-state index in [1.54, 1.807) is 56.2 Å². The third-order valence-electron chi connectivity index (χ3n) is 8.67. The Morgan fingerprint density at radius 2 is 1.43 bits per heavy atom. The van der Waals surface area contributed by atoms with Crippen LogP contribution in [0.25, 0.3) is 10.8 Å². The predicted molar refractivity (Wildman–Crippen MR) is 185 cm³/mol. The van der Waals surface area contributed by atoms with E-state index >= 15 is 0 Å². The van der Waals surface area contributed by atoms with Gasteiger partial charge in [-0.15, -0.1) is 0 Å². The third kappa shape index (κ3) is 7.05. The van der Waals surface area contributed by atoms with Crippen molar-refractivity contribution in [2.75, 3.05) is 52.4 Å². The normalized spacial score (nSPS) is 14.0. The second kappa shape index (κ2) is 14.4. The summed E-state index contributed by atoms with van der Waals surface area (Å²) in [6, 6.07) is 29.0. The number of benzene rings is 4. The minimum atomic E-state index is -3.83. The second-order valence-electron chi connectivity index (χ2n) is 11.5. The lowest BCUT2D eigenvalue weighted by Crippen LogP contribution is -2.46. The monoisotopic (exact) mass is 652 g/mol. The van der Waals surface area contributed by atoms with Crippen molar-refractivity contribution in [1.29, 1.82) is 0 Å². The lowest BCUT2D eigenvalue weighted by molar-refractivity contribution is 0.244. The smallest absolute Gasteiger partial charge is 0.244 e. The van der Waals surface area contributed by atoms with Gasteiger partial charge in [0, 0.05) is 80.2 Å². The molecule has 0 atom stereocenters. The molecule has 1 aliphatic rings. The van der Waals surface area contributed by atoms with Gasteiger partial charge < -0.3 is 19.1 Å². The Labute approximate surface area is 277 Å². The number of ether oxygens (including phenoxy) is 3. The lowest BCUT2D eigenvalue weighted by atomic mass is 10.1. The van der Waals surface area contributed by atoms with Gasteiger partial charge in [-0.1, -0.05) is 60.7 Å². The molecule has 0 N–H and O–H groups in total. The van der Waals surface area contributed by atoms with Crippen molar-refractivity contribution in [3.05, 3.63) is 120 Å². The molecule has 1 aliphatic heterocycles. The number of sulfonamides is 1. The van der Waals surface area contributed by atoms with E-state index in [0.717, 1.165) is 60.5 Å². The van der Waals surface area contributed by atoms with Gasteiger partial charge in [0.15, 0.2) is 11.5 Å². The number of hydrogen-bond donors (Lipinski definition) is 0. The molecule has 244 valence electrons. The van der Waals surface area contributed by atoms with Crippen molar-refractivity contribution in [3.63, 3.8) is 0 Å². The van der Waals surface area contributed by atoms with Crippen LogP contribution < -0.4 is 19.1 Å². The topological polar surface area (TPSA) is 84.4 Å². The number of methoxy groups -OCH3 is 3. The molecule has 5 aromatic rings. The molecule has 0 spiro atoms. The molecule has 1 aromatic heterocycles. The van der Waals surface area contributed by atoms with Crippen molar-refractivity contribution >= 4 is 26.5 Å². The molecule has 0 bridgehead atoms. The number of piperazine rings is 1. The summed E-state index contributed by atoms with van der Waals surface area (Å²) in [5.41, 5.74) is 4.03. The highest BCUT2D eigenvalue weighted by atomic mass is 32.2. The van der Waals surface area contributed by atoms with Crippen LogP contribution in [0.3, 0.4) is 0 Å². The molecule has 1 saturated heterocycles. The molecule has 4 aromatic carbocycles. The molecule has 0 radical (unpaired) electrons. The molecule has 2 heterocycles. The van der Waals surface area contributed by atoms with Crippen LogP contribution in [0.2, 0.25) is 0 Å². The molecule has 6 rings (SSSR count). The van der Waals surface area contributed by atoms with Crippen molar-refractivity contribution in [2.45, 2.75) is 24.5 Å². The van der Waals surface area contributed by atoms with Crippen LogP contribution in [-0.2, 0) is 29.7 Å². The van der Waals surface area contributed by atoms with Crippen LogP contribution in [0.15, 0.2) is 108 Å². The maximum atomic E-state index is 14.2. The Balaban J connectivity index is 1.16. The highest BCUT2D eigenvalue weighted by molar-refractivity contribution is 7.89. The Hall–Kier alpha value is -4.64. The van der Waals surface area contributed by atoms with E-state index in [0.29, 0.717) is 22.6 Å². The molecular formula is C37H40N4O5S. The summed E-state index contributed by atoms with van der Waals surface area (Å²) in [4.78, 5) is 9.24. The highest BCUT2D eigenvalue weighted by Crippen LogP contribution is 2.40. The maximum Gasteiger partial charge on any atom is 0.244 e. The van der Waals surface area contributed by atoms with Crippen molar-refractivity contribution < 1.29 is 22.6 Å². The van der Waals surface area contributed by atoms with Crippen LogP contribution >= 0.6 is 0 Å². The number of aromatic nitrogens is 1. The first kappa shape index (κ1) is 32.3. The SMILES string of the molecule is COc1ccc(CN2CCN(c3ccc(CN(Cc4ccccc4)S(=O)(=O)c4cccc5cnccc45)cc3)CC2)c(OC)c1OC. The van der Waals surface area contributed by atoms with Crippen molar-refractivity contribution in [3.8, 4) is 17.2 Å². The molecule has 10 heteroatoms. The van der Waals surface area contributed by atoms with Crippen LogP contribution in [0.5, 0.6) is 17.2 Å². The number of anilines is 1. The molecule has 9 nitrogen and oxygen atoms in total. The minimum Gasteiger partial charge on any atom is -0.493 e. The van der Waals surface area contributed by atoms with Gasteiger partial charge >= 0.3 is 0 Å². The molecular weight excluding hydrogens is 612 g/mol. The highest BCUT2D eigenvalue weighted by Gasteiger charge is 2.27. The quantitative estimate of drug-likeness (QED) is 0.163. The van der Waals surface area contributed by atoms with E-state index < -0.39 is 10.0 Å². The predicted octanol–water partition coefficient (Wildman–Crippen LogP) is 5.97. The van der Waals surface area contributed by atoms with Crippen LogP contribution in [0, 0.1) is 0 Å². The van der Waals surface area contributed by atoms with Gasteiger partial charge in [0.2, 0.25) is 15.8 Å². The average molecular weight is 653 g/mol. The van der Waals surface area contributed by atoms with Gasteiger partial charge in [-0.3, -0.25) is 9.88 Å². The van der Waals surface area contributed by atoms with Gasteiger partial charge in [-0.05, 0) is 41.5 Å². The molecule has 0 saturated carbocycles. The lowest BCUT2D eigenvalue weighted by Gasteiger charge is -2.36. The number of nitrogens with zero attached hydrogens (tertiary/aromatic N) is 4. The van der Waals surface area contributed by atoms with Gasteiger partial charge in [0.25, 0.3) is 0 Å². The summed E-state index contributed by atoms with van der Waals surface area (Å²) < 4.78 is 46.7. The van der Waals surface area contributed by atoms with Gasteiger partial charge in [-0.2, -0.15) is 4.31 Å². The summed E-state index contributed by atoms with van der Waals surface area (Å²) in [5, 5.41) is 1.46. The Kier molecular flexibility index (Phi) is 9.91. The first-order valence-electron chi connectivity index (χ1n) is 15.6. The minimum absolute atomic E-state index is 0.250. The maximum absolute atomic E-state index is 14.2. The van der Waals surface area contributed by atoms with Crippen LogP contribution in [0.1, 0.15) is 16.7 Å². The summed E-state index contributed by atoms with van der Waals surface area (Å²) >= 11 is 0. The number of pyridine rings is 1. The van der Waals surface area contributed by atoms with Gasteiger partial charge in [-0.25, -0.2) is 8.42 Å². The van der Waals surface area contributed by atoms with E-state index in [2.05, 4.69) is 26.9 Å². The number of fused-ring (bicyclic) bond motifs is 1. The Morgan fingerprint density at radius 3 is 2.11 bits per heavy atom. The van der Waals surface area contributed by atoms with E-state index in [1.807, 2.05) is 60.7 Å². The fourth-order valence-electron chi connectivity index (χ4n) is 6.18. The van der Waals surface area contributed by atoms with Crippen LogP contribution in [-0.4, -0.2) is 70.1 Å². The summed E-state index contributed by atoms with van der Waals surface area (Å²) in [5.74, 6) is 1.95. The first-order chi connectivity index (χ1) is 22.9. The van der Waals surface area contributed by atoms with Crippen LogP contribution in [0.4, 0.5) is 5.69 Å². The van der Waals surface area contributed by atoms with E-state index in [-0.39, 0.29) is 18.0 Å². The second-order valence-corrected chi connectivity index (χ2v) is 13.4. The zero-order valence-corrected chi connectivity index (χ0v) is 27.8. The van der Waals surface area contributed by atoms with Gasteiger partial charge in [0.05, 0.1) is 26.2 Å². The van der Waals surface area contributed by atoms with E-state index in [1.165, 1.54) is 0 Å². The average Bonchev–Trinajstić information content (AvgIpc) is 3.12. The fourth-order valence-corrected chi connectivity index (χ4v) is 7.81. The standard InChI is InChI=1S/C37H40N4O5S/c1-44-34-17-14-31(36(45-2)37(34)46-3)27-39-20-22-40(23-21-39)32-15-12-29(13-16-32)26-41(25-28-8-5-4-6-9-28)47(42,43)35-11-7-10-30-24-38-19-18-33(30)35/h4-19,24H,20-23,25-27H2,1-3H3. The summed E-state index contributed by atoms with van der Waals surface area (Å²) in [7, 11) is 1.06. The first-order valence-corrected chi connectivity index (χ1v) is 17.1. The largest absolute Gasteiger partial charge is 0.493 e. The third-order valence-corrected chi connectivity index (χ3v) is 10.5. The number of hydrogen-bond acceptors (Lipinski definition) is 8. The molecule has 0 aliphatic carbocycles. The number of rotatable bonds is 12. The van der Waals surface area contributed by atoms with Crippen molar-refractivity contribution in [1.82, 2.24) is 14.2 Å². The molecule has 47 heavy (non-hydrogen) atoms. The van der Waals surface area contributed by atoms with E-state index in [4.69, 9.17) is 14.2 Å². The Bertz CT molecular complexity index is 1910. The molecule has 0 unspecified atom stereocenters. The fraction of sp³-hybridized carbons (Fsp3) is 0.270. The molecule has 1 fully saturated rings. The Morgan fingerprint density at radius 1 is 0.723 bits per heavy atom. The van der Waals surface area contributed by atoms with Crippen molar-refractivity contribution in [2.24, 2.45) is 0 Å². The summed E-state index contributed by atoms with van der Waals surface area (Å²) in [6.07, 6.45) is 3.33. The van der Waals surface area contributed by atoms with E-state index in [9.17, 15) is 8.42 Å². The zero-order chi connectivity index (χ0) is 32.8. The zero-order valence-electron chi connectivity index (χ0n) is 27.0. The summed E-state index contributed by atoms with van der Waals surface area (Å²) in [6.45, 7) is 4.79. The molecule has 0 amide bonds. The van der Waals surface area contributed by atoms with Gasteiger partial charge in [0.1, 0.15) is 0 Å².